The third-order valence-corrected chi connectivity index (χ3v) is 8.03. The van der Waals surface area contributed by atoms with Crippen LogP contribution in [-0.2, 0) is 25.8 Å². The molecule has 0 atom stereocenters. The van der Waals surface area contributed by atoms with Crippen LogP contribution >= 0.6 is 0 Å². The molecule has 0 heterocycles. The zero-order valence-corrected chi connectivity index (χ0v) is 34.1. The standard InChI is InChI=1S/C28H29N2.3C7H7.Hf/c1-2-3-21-29-26-19-10-11-20-27(26)30-28-24(22-13-6-4-7-14-22)17-12-18-25(28)23-15-8-5-9-16-23;3*1-7-5-3-2-4-6-7;/h4-9,12-18,20H,2-3,10-11,19,21H2,1H3;3*2-6H,1H2;/q4*-1;. The van der Waals surface area contributed by atoms with Gasteiger partial charge in [-0.15, -0.1) is 47.8 Å². The van der Waals surface area contributed by atoms with Gasteiger partial charge in [0, 0.05) is 38.1 Å². The van der Waals surface area contributed by atoms with Crippen molar-refractivity contribution in [3.05, 3.63) is 224 Å². The van der Waals surface area contributed by atoms with Crippen LogP contribution in [0.25, 0.3) is 27.6 Å². The van der Waals surface area contributed by atoms with Gasteiger partial charge in [-0.2, -0.15) is 73.9 Å². The van der Waals surface area contributed by atoms with Crippen LogP contribution in [0.15, 0.2) is 187 Å². The second-order valence-corrected chi connectivity index (χ2v) is 12.2. The molecule has 7 rings (SSSR count). The van der Waals surface area contributed by atoms with E-state index in [1.54, 1.807) is 0 Å². The van der Waals surface area contributed by atoms with Crippen LogP contribution in [0.2, 0.25) is 0 Å². The van der Waals surface area contributed by atoms with E-state index in [-0.39, 0.29) is 25.8 Å². The normalized spacial score (nSPS) is 12.2. The van der Waals surface area contributed by atoms with Crippen molar-refractivity contribution in [2.24, 2.45) is 4.99 Å². The third-order valence-electron chi connectivity index (χ3n) is 8.03. The van der Waals surface area contributed by atoms with E-state index in [0.717, 1.165) is 77.1 Å². The van der Waals surface area contributed by atoms with Crippen LogP contribution in [0, 0.1) is 20.8 Å². The molecule has 0 spiro atoms. The fraction of sp³-hybridized carbons (Fsp3) is 0.143. The van der Waals surface area contributed by atoms with E-state index in [1.807, 2.05) is 91.0 Å². The van der Waals surface area contributed by atoms with Crippen molar-refractivity contribution in [2.45, 2.75) is 39.0 Å². The van der Waals surface area contributed by atoms with Gasteiger partial charge >= 0.3 is 0 Å². The Morgan fingerprint density at radius 1 is 0.538 bits per heavy atom. The van der Waals surface area contributed by atoms with Crippen molar-refractivity contribution in [1.29, 1.82) is 0 Å². The summed E-state index contributed by atoms with van der Waals surface area (Å²) in [5.74, 6) is 0. The quantitative estimate of drug-likeness (QED) is 0.0869. The molecule has 264 valence electrons. The minimum absolute atomic E-state index is 0. The second-order valence-electron chi connectivity index (χ2n) is 12.2. The summed E-state index contributed by atoms with van der Waals surface area (Å²) in [6.07, 6.45) is 7.82. The molecule has 52 heavy (non-hydrogen) atoms. The van der Waals surface area contributed by atoms with E-state index in [9.17, 15) is 0 Å². The molecule has 6 aromatic rings. The van der Waals surface area contributed by atoms with Crippen LogP contribution in [0.4, 0.5) is 5.69 Å². The number of rotatable bonds is 7. The van der Waals surface area contributed by atoms with E-state index in [0.29, 0.717) is 0 Å². The van der Waals surface area contributed by atoms with Crippen molar-refractivity contribution < 1.29 is 25.8 Å². The summed E-state index contributed by atoms with van der Waals surface area (Å²) in [6.45, 7) is 14.3. The molecule has 3 heteroatoms. The molecule has 1 aliphatic rings. The number of allylic oxidation sites excluding steroid dienone is 2. The van der Waals surface area contributed by atoms with Crippen molar-refractivity contribution >= 4 is 11.4 Å². The van der Waals surface area contributed by atoms with E-state index >= 15 is 0 Å². The number of para-hydroxylation sites is 1. The van der Waals surface area contributed by atoms with Gasteiger partial charge in [-0.25, -0.2) is 0 Å². The molecule has 0 radical (unpaired) electrons. The molecule has 0 aliphatic heterocycles. The van der Waals surface area contributed by atoms with Crippen LogP contribution in [-0.4, -0.2) is 12.3 Å². The zero-order chi connectivity index (χ0) is 35.9. The van der Waals surface area contributed by atoms with E-state index in [2.05, 4.69) is 113 Å². The molecule has 2 nitrogen and oxygen atoms in total. The van der Waals surface area contributed by atoms with E-state index < -0.39 is 0 Å². The van der Waals surface area contributed by atoms with Gasteiger partial charge in [0.2, 0.25) is 0 Å². The van der Waals surface area contributed by atoms with Crippen molar-refractivity contribution in [2.75, 3.05) is 6.54 Å². The Balaban J connectivity index is 0.000000265. The van der Waals surface area contributed by atoms with Crippen LogP contribution in [0.1, 0.15) is 55.7 Å². The fourth-order valence-corrected chi connectivity index (χ4v) is 5.32. The summed E-state index contributed by atoms with van der Waals surface area (Å²) in [7, 11) is 0. The maximum atomic E-state index is 5.26. The molecule has 0 amide bonds. The Labute approximate surface area is 332 Å². The van der Waals surface area contributed by atoms with Gasteiger partial charge in [-0.3, -0.25) is 4.99 Å². The zero-order valence-electron chi connectivity index (χ0n) is 30.5. The molecule has 0 fully saturated rings. The molecular weight excluding hydrogens is 795 g/mol. The van der Waals surface area contributed by atoms with Gasteiger partial charge in [0.15, 0.2) is 0 Å². The van der Waals surface area contributed by atoms with Gasteiger partial charge in [-0.1, -0.05) is 116 Å². The van der Waals surface area contributed by atoms with Gasteiger partial charge in [-0.05, 0) is 47.9 Å². The van der Waals surface area contributed by atoms with Gasteiger partial charge < -0.3 is 5.32 Å². The molecule has 0 saturated heterocycles. The molecule has 0 unspecified atom stereocenters. The Morgan fingerprint density at radius 3 is 1.31 bits per heavy atom. The first-order valence-electron chi connectivity index (χ1n) is 17.9. The van der Waals surface area contributed by atoms with Crippen LogP contribution in [0.5, 0.6) is 0 Å². The Kier molecular flexibility index (Phi) is 19.3. The molecular formula is C49H50HfN2-4. The van der Waals surface area contributed by atoms with Gasteiger partial charge in [0.25, 0.3) is 0 Å². The number of hydrogen-bond donors (Lipinski definition) is 0. The van der Waals surface area contributed by atoms with Gasteiger partial charge in [0.05, 0.1) is 0 Å². The summed E-state index contributed by atoms with van der Waals surface area (Å²) in [5, 5.41) is 5.26. The predicted molar refractivity (Wildman–Crippen MR) is 222 cm³/mol. The summed E-state index contributed by atoms with van der Waals surface area (Å²) in [6, 6.07) is 57.2. The first kappa shape index (κ1) is 41.4. The summed E-state index contributed by atoms with van der Waals surface area (Å²) in [5.41, 5.74) is 11.2. The number of benzene rings is 6. The summed E-state index contributed by atoms with van der Waals surface area (Å²) in [4.78, 5) is 4.91. The molecule has 0 N–H and O–H groups in total. The summed E-state index contributed by atoms with van der Waals surface area (Å²) >= 11 is 0. The topological polar surface area (TPSA) is 26.5 Å². The minimum atomic E-state index is 0. The second kappa shape index (κ2) is 24.2. The fourth-order valence-electron chi connectivity index (χ4n) is 5.32. The first-order valence-corrected chi connectivity index (χ1v) is 17.9. The smallest absolute Gasteiger partial charge is 0.0391 e. The Hall–Kier alpha value is -4.99. The van der Waals surface area contributed by atoms with Crippen molar-refractivity contribution in [3.63, 3.8) is 0 Å². The molecule has 1 aliphatic carbocycles. The maximum Gasteiger partial charge on any atom is 0.0391 e. The maximum absolute atomic E-state index is 5.26. The van der Waals surface area contributed by atoms with Crippen LogP contribution in [0.3, 0.4) is 0 Å². The largest absolute Gasteiger partial charge is 0.656 e. The molecule has 6 aromatic carbocycles. The predicted octanol–water partition coefficient (Wildman–Crippen LogP) is 13.9. The average Bonchev–Trinajstić information content (AvgIpc) is 3.18. The average molecular weight is 845 g/mol. The van der Waals surface area contributed by atoms with Crippen molar-refractivity contribution in [3.8, 4) is 22.3 Å². The first-order chi connectivity index (χ1) is 25.0. The number of nitrogens with zero attached hydrogens (tertiary/aromatic N) is 2. The van der Waals surface area contributed by atoms with E-state index in [4.69, 9.17) is 10.3 Å². The molecule has 0 saturated carbocycles. The van der Waals surface area contributed by atoms with Crippen molar-refractivity contribution in [1.82, 2.24) is 0 Å². The number of aliphatic imine (C=N–C) groups is 1. The Morgan fingerprint density at radius 2 is 0.942 bits per heavy atom. The third kappa shape index (κ3) is 14.7. The SMILES string of the molecule is CCCCN=C1CCCC=C1[N-]c1c(-c2ccccc2)cccc1-c1ccccc1.[CH2-]c1ccccc1.[CH2-]c1ccccc1.[CH2-]c1ccccc1.[Hf]. The molecule has 0 bridgehead atoms. The number of unbranched alkanes of at least 4 members (excludes halogenated alkanes) is 1. The molecule has 0 aromatic heterocycles. The number of hydrogen-bond acceptors (Lipinski definition) is 1. The van der Waals surface area contributed by atoms with Gasteiger partial charge in [0.1, 0.15) is 0 Å². The minimum Gasteiger partial charge on any atom is -0.656 e. The van der Waals surface area contributed by atoms with E-state index in [1.165, 1.54) is 17.5 Å². The summed E-state index contributed by atoms with van der Waals surface area (Å²) < 4.78 is 0. The monoisotopic (exact) mass is 846 g/mol. The van der Waals surface area contributed by atoms with Crippen LogP contribution < -0.4 is 0 Å². The Bertz CT molecular complexity index is 1720.